The van der Waals surface area contributed by atoms with Crippen LogP contribution in [0.3, 0.4) is 0 Å². The molecule has 28 heavy (non-hydrogen) atoms. The van der Waals surface area contributed by atoms with Crippen LogP contribution in [0.5, 0.6) is 5.75 Å². The van der Waals surface area contributed by atoms with Gasteiger partial charge in [-0.2, -0.15) is 5.10 Å². The van der Waals surface area contributed by atoms with Crippen LogP contribution in [0.2, 0.25) is 0 Å². The molecule has 3 rings (SSSR count). The van der Waals surface area contributed by atoms with Crippen molar-refractivity contribution in [1.29, 1.82) is 0 Å². The van der Waals surface area contributed by atoms with Crippen LogP contribution in [0.15, 0.2) is 42.6 Å². The number of carboxylic acid groups (broad SMARTS) is 1. The van der Waals surface area contributed by atoms with Crippen LogP contribution in [0.25, 0.3) is 10.9 Å². The predicted molar refractivity (Wildman–Crippen MR) is 106 cm³/mol. The Morgan fingerprint density at radius 2 is 1.93 bits per heavy atom. The lowest BCUT2D eigenvalue weighted by Crippen LogP contribution is -2.06. The minimum atomic E-state index is -0.824. The molecule has 1 unspecified atom stereocenters. The minimum Gasteiger partial charge on any atom is -0.489 e. The molecule has 6 heteroatoms. The van der Waals surface area contributed by atoms with E-state index < -0.39 is 5.97 Å². The van der Waals surface area contributed by atoms with E-state index >= 15 is 0 Å². The fourth-order valence-electron chi connectivity index (χ4n) is 3.18. The van der Waals surface area contributed by atoms with Gasteiger partial charge in [-0.05, 0) is 41.7 Å². The molecule has 0 saturated carbocycles. The molecular weight excluding hydrogens is 359 g/mol. The first-order chi connectivity index (χ1) is 13.3. The van der Waals surface area contributed by atoms with Gasteiger partial charge in [0.2, 0.25) is 0 Å². The van der Waals surface area contributed by atoms with Crippen LogP contribution in [-0.4, -0.2) is 20.9 Å². The Bertz CT molecular complexity index is 964. The minimum absolute atomic E-state index is 0.0763. The maximum absolute atomic E-state index is 14.4. The van der Waals surface area contributed by atoms with E-state index in [-0.39, 0.29) is 24.8 Å². The highest BCUT2D eigenvalue weighted by molar-refractivity contribution is 5.79. The summed E-state index contributed by atoms with van der Waals surface area (Å²) in [6.45, 7) is 6.98. The molecule has 0 aliphatic rings. The van der Waals surface area contributed by atoms with E-state index in [1.807, 2.05) is 23.7 Å². The van der Waals surface area contributed by atoms with E-state index in [2.05, 4.69) is 18.9 Å². The molecule has 0 bridgehead atoms. The standard InChI is InChI=1S/C22H25FN2O3/c1-14(2)12-25-21-10-18(20(23)9-17(21)11-24-25)13-28-19-6-4-16(5-7-19)15(3)8-22(26)27/h4-7,9-11,14-15H,8,12-13H2,1-3H3,(H,26,27). The quantitative estimate of drug-likeness (QED) is 0.594. The average Bonchev–Trinajstić information content (AvgIpc) is 3.00. The van der Waals surface area contributed by atoms with Crippen molar-refractivity contribution in [2.75, 3.05) is 0 Å². The average molecular weight is 384 g/mol. The van der Waals surface area contributed by atoms with Gasteiger partial charge in [-0.15, -0.1) is 0 Å². The number of carbonyl (C=O) groups is 1. The number of ether oxygens (including phenoxy) is 1. The van der Waals surface area contributed by atoms with Crippen molar-refractivity contribution in [3.63, 3.8) is 0 Å². The molecule has 0 fully saturated rings. The van der Waals surface area contributed by atoms with E-state index in [9.17, 15) is 9.18 Å². The number of benzene rings is 2. The predicted octanol–water partition coefficient (Wildman–Crippen LogP) is 4.99. The van der Waals surface area contributed by atoms with Crippen LogP contribution in [0.4, 0.5) is 4.39 Å². The number of rotatable bonds is 8. The highest BCUT2D eigenvalue weighted by Gasteiger charge is 2.12. The Balaban J connectivity index is 1.72. The summed E-state index contributed by atoms with van der Waals surface area (Å²) in [5, 5.41) is 14.0. The number of aliphatic carboxylic acids is 1. The van der Waals surface area contributed by atoms with Crippen molar-refractivity contribution < 1.29 is 19.0 Å². The smallest absolute Gasteiger partial charge is 0.303 e. The van der Waals surface area contributed by atoms with Crippen LogP contribution in [-0.2, 0) is 17.9 Å². The van der Waals surface area contributed by atoms with Gasteiger partial charge in [-0.25, -0.2) is 4.39 Å². The van der Waals surface area contributed by atoms with Crippen molar-refractivity contribution in [2.24, 2.45) is 5.92 Å². The third kappa shape index (κ3) is 4.68. The zero-order chi connectivity index (χ0) is 20.3. The highest BCUT2D eigenvalue weighted by Crippen LogP contribution is 2.24. The van der Waals surface area contributed by atoms with Crippen LogP contribution in [0, 0.1) is 11.7 Å². The van der Waals surface area contributed by atoms with Gasteiger partial charge in [0.05, 0.1) is 18.1 Å². The molecular formula is C22H25FN2O3. The van der Waals surface area contributed by atoms with E-state index in [0.717, 1.165) is 23.0 Å². The normalized spacial score (nSPS) is 12.5. The molecule has 3 aromatic rings. The molecule has 1 atom stereocenters. The first-order valence-corrected chi connectivity index (χ1v) is 9.42. The zero-order valence-corrected chi connectivity index (χ0v) is 16.4. The largest absolute Gasteiger partial charge is 0.489 e. The third-order valence-electron chi connectivity index (χ3n) is 4.67. The van der Waals surface area contributed by atoms with Gasteiger partial charge in [0, 0.05) is 17.5 Å². The fourth-order valence-corrected chi connectivity index (χ4v) is 3.18. The first kappa shape index (κ1) is 19.9. The summed E-state index contributed by atoms with van der Waals surface area (Å²) in [7, 11) is 0. The molecule has 0 aliphatic heterocycles. The summed E-state index contributed by atoms with van der Waals surface area (Å²) in [5.41, 5.74) is 2.30. The Hall–Kier alpha value is -2.89. The van der Waals surface area contributed by atoms with Crippen molar-refractivity contribution in [2.45, 2.75) is 46.3 Å². The summed E-state index contributed by atoms with van der Waals surface area (Å²) >= 11 is 0. The lowest BCUT2D eigenvalue weighted by molar-refractivity contribution is -0.137. The second-order valence-corrected chi connectivity index (χ2v) is 7.58. The Morgan fingerprint density at radius 1 is 1.21 bits per heavy atom. The molecule has 0 saturated heterocycles. The number of fused-ring (bicyclic) bond motifs is 1. The fraction of sp³-hybridized carbons (Fsp3) is 0.364. The highest BCUT2D eigenvalue weighted by atomic mass is 19.1. The lowest BCUT2D eigenvalue weighted by atomic mass is 9.98. The van der Waals surface area contributed by atoms with Crippen LogP contribution >= 0.6 is 0 Å². The second-order valence-electron chi connectivity index (χ2n) is 7.58. The molecule has 0 aliphatic carbocycles. The van der Waals surface area contributed by atoms with Gasteiger partial charge in [-0.3, -0.25) is 9.48 Å². The van der Waals surface area contributed by atoms with E-state index in [4.69, 9.17) is 9.84 Å². The molecule has 2 aromatic carbocycles. The number of nitrogens with zero attached hydrogens (tertiary/aromatic N) is 2. The number of carboxylic acids is 1. The number of hydrogen-bond acceptors (Lipinski definition) is 3. The SMILES string of the molecule is CC(C)Cn1ncc2cc(F)c(COc3ccc(C(C)CC(=O)O)cc3)cc21. The topological polar surface area (TPSA) is 64.4 Å². The lowest BCUT2D eigenvalue weighted by Gasteiger charge is -2.12. The van der Waals surface area contributed by atoms with Crippen molar-refractivity contribution in [3.8, 4) is 5.75 Å². The summed E-state index contributed by atoms with van der Waals surface area (Å²) in [4.78, 5) is 10.8. The summed E-state index contributed by atoms with van der Waals surface area (Å²) < 4.78 is 22.1. The van der Waals surface area contributed by atoms with Crippen molar-refractivity contribution in [1.82, 2.24) is 9.78 Å². The van der Waals surface area contributed by atoms with Crippen LogP contribution < -0.4 is 4.74 Å². The Labute approximate surface area is 163 Å². The Morgan fingerprint density at radius 3 is 2.57 bits per heavy atom. The van der Waals surface area contributed by atoms with Gasteiger partial charge < -0.3 is 9.84 Å². The number of halogens is 1. The second kappa shape index (κ2) is 8.42. The van der Waals surface area contributed by atoms with E-state index in [1.165, 1.54) is 6.07 Å². The summed E-state index contributed by atoms with van der Waals surface area (Å²) in [6, 6.07) is 10.6. The maximum Gasteiger partial charge on any atom is 0.303 e. The van der Waals surface area contributed by atoms with Gasteiger partial charge in [0.25, 0.3) is 0 Å². The van der Waals surface area contributed by atoms with Gasteiger partial charge in [0.15, 0.2) is 0 Å². The zero-order valence-electron chi connectivity index (χ0n) is 16.4. The molecule has 1 heterocycles. The van der Waals surface area contributed by atoms with Gasteiger partial charge in [-0.1, -0.05) is 32.9 Å². The summed E-state index contributed by atoms with van der Waals surface area (Å²) in [5.74, 6) is -0.164. The summed E-state index contributed by atoms with van der Waals surface area (Å²) in [6.07, 6.45) is 1.76. The van der Waals surface area contributed by atoms with E-state index in [0.29, 0.717) is 17.2 Å². The van der Waals surface area contributed by atoms with Gasteiger partial charge in [0.1, 0.15) is 18.2 Å². The molecule has 0 spiro atoms. The first-order valence-electron chi connectivity index (χ1n) is 9.42. The molecule has 5 nitrogen and oxygen atoms in total. The third-order valence-corrected chi connectivity index (χ3v) is 4.67. The number of hydrogen-bond donors (Lipinski definition) is 1. The van der Waals surface area contributed by atoms with Crippen molar-refractivity contribution in [3.05, 3.63) is 59.5 Å². The monoisotopic (exact) mass is 384 g/mol. The van der Waals surface area contributed by atoms with E-state index in [1.54, 1.807) is 24.4 Å². The Kier molecular flexibility index (Phi) is 5.97. The van der Waals surface area contributed by atoms with Crippen molar-refractivity contribution >= 4 is 16.9 Å². The molecule has 1 N–H and O–H groups in total. The molecule has 0 radical (unpaired) electrons. The molecule has 0 amide bonds. The molecule has 1 aromatic heterocycles. The molecule has 148 valence electrons. The van der Waals surface area contributed by atoms with Crippen LogP contribution in [0.1, 0.15) is 44.2 Å². The van der Waals surface area contributed by atoms with Gasteiger partial charge >= 0.3 is 5.97 Å². The number of aromatic nitrogens is 2. The maximum atomic E-state index is 14.4.